The molecule has 9 heteroatoms. The van der Waals surface area contributed by atoms with Crippen molar-refractivity contribution in [2.24, 2.45) is 12.8 Å². The largest absolute Gasteiger partial charge is 0.454 e. The van der Waals surface area contributed by atoms with Crippen molar-refractivity contribution in [3.8, 4) is 28.7 Å². The van der Waals surface area contributed by atoms with E-state index in [0.29, 0.717) is 28.8 Å². The zero-order chi connectivity index (χ0) is 17.6. The summed E-state index contributed by atoms with van der Waals surface area (Å²) in [6, 6.07) is 7.36. The molecule has 1 aliphatic rings. The van der Waals surface area contributed by atoms with Crippen LogP contribution in [0.5, 0.6) is 11.5 Å². The number of hydrogen-bond donors (Lipinski definition) is 1. The molecule has 1 aliphatic heterocycles. The van der Waals surface area contributed by atoms with Gasteiger partial charge in [0.05, 0.1) is 12.1 Å². The number of aryl methyl sites for hydroxylation is 2. The fourth-order valence-corrected chi connectivity index (χ4v) is 2.62. The number of nitrogens with zero attached hydrogens (tertiary/aromatic N) is 5. The molecule has 3 heterocycles. The van der Waals surface area contributed by atoms with Crippen LogP contribution in [0.4, 0.5) is 0 Å². The van der Waals surface area contributed by atoms with E-state index in [9.17, 15) is 4.79 Å². The van der Waals surface area contributed by atoms with Crippen LogP contribution in [0, 0.1) is 6.92 Å². The van der Waals surface area contributed by atoms with Gasteiger partial charge in [-0.05, 0) is 25.1 Å². The number of primary amides is 1. The number of ether oxygens (including phenoxy) is 2. The van der Waals surface area contributed by atoms with E-state index in [1.54, 1.807) is 15.4 Å². The highest BCUT2D eigenvalue weighted by atomic mass is 16.7. The average molecular weight is 340 g/mol. The Kier molecular flexibility index (Phi) is 3.41. The summed E-state index contributed by atoms with van der Waals surface area (Å²) >= 11 is 0. The minimum Gasteiger partial charge on any atom is -0.454 e. The summed E-state index contributed by atoms with van der Waals surface area (Å²) in [4.78, 5) is 15.7. The van der Waals surface area contributed by atoms with E-state index in [-0.39, 0.29) is 13.2 Å². The number of fused-ring (bicyclic) bond motifs is 1. The molecule has 4 rings (SSSR count). The SMILES string of the molecule is Cc1cc(-c2nc(CC(N)=O)nn2-c2ccc3c(c2)OCO3)nn1C. The highest BCUT2D eigenvalue weighted by molar-refractivity contribution is 5.75. The summed E-state index contributed by atoms with van der Waals surface area (Å²) in [7, 11) is 1.85. The van der Waals surface area contributed by atoms with Crippen molar-refractivity contribution in [1.82, 2.24) is 24.5 Å². The number of nitrogens with two attached hydrogens (primary N) is 1. The molecule has 128 valence electrons. The highest BCUT2D eigenvalue weighted by Crippen LogP contribution is 2.34. The molecule has 0 fully saturated rings. The molecule has 25 heavy (non-hydrogen) atoms. The number of carbonyl (C=O) groups is 1. The quantitative estimate of drug-likeness (QED) is 0.750. The van der Waals surface area contributed by atoms with E-state index < -0.39 is 5.91 Å². The van der Waals surface area contributed by atoms with Gasteiger partial charge in [0.15, 0.2) is 23.1 Å². The fourth-order valence-electron chi connectivity index (χ4n) is 2.62. The molecule has 0 unspecified atom stereocenters. The first-order valence-electron chi connectivity index (χ1n) is 7.66. The van der Waals surface area contributed by atoms with Gasteiger partial charge < -0.3 is 15.2 Å². The molecular formula is C16H16N6O3. The maximum absolute atomic E-state index is 11.3. The number of benzene rings is 1. The van der Waals surface area contributed by atoms with Crippen molar-refractivity contribution in [3.05, 3.63) is 35.8 Å². The summed E-state index contributed by atoms with van der Waals surface area (Å²) in [5, 5.41) is 8.87. The van der Waals surface area contributed by atoms with Gasteiger partial charge in [-0.1, -0.05) is 0 Å². The molecule has 0 saturated heterocycles. The Morgan fingerprint density at radius 2 is 2.04 bits per heavy atom. The van der Waals surface area contributed by atoms with Gasteiger partial charge in [-0.3, -0.25) is 9.48 Å². The van der Waals surface area contributed by atoms with Gasteiger partial charge >= 0.3 is 0 Å². The van der Waals surface area contributed by atoms with E-state index >= 15 is 0 Å². The van der Waals surface area contributed by atoms with Crippen LogP contribution in [-0.2, 0) is 18.3 Å². The zero-order valence-electron chi connectivity index (χ0n) is 13.8. The smallest absolute Gasteiger partial charge is 0.231 e. The van der Waals surface area contributed by atoms with Crippen molar-refractivity contribution < 1.29 is 14.3 Å². The Labute approximate surface area is 143 Å². The van der Waals surface area contributed by atoms with E-state index in [1.807, 2.05) is 32.2 Å². The molecular weight excluding hydrogens is 324 g/mol. The van der Waals surface area contributed by atoms with Crippen molar-refractivity contribution in [1.29, 1.82) is 0 Å². The minimum absolute atomic E-state index is 0.0453. The Hall–Kier alpha value is -3.36. The van der Waals surface area contributed by atoms with Gasteiger partial charge in [-0.2, -0.15) is 10.2 Å². The molecule has 2 N–H and O–H groups in total. The lowest BCUT2D eigenvalue weighted by Gasteiger charge is -2.05. The van der Waals surface area contributed by atoms with Crippen LogP contribution in [0.3, 0.4) is 0 Å². The molecule has 1 aromatic carbocycles. The first kappa shape index (κ1) is 15.2. The molecule has 0 saturated carbocycles. The molecule has 0 spiro atoms. The second-order valence-corrected chi connectivity index (χ2v) is 5.74. The lowest BCUT2D eigenvalue weighted by atomic mass is 10.2. The summed E-state index contributed by atoms with van der Waals surface area (Å²) < 4.78 is 14.1. The number of aromatic nitrogens is 5. The maximum Gasteiger partial charge on any atom is 0.231 e. The Balaban J connectivity index is 1.85. The predicted molar refractivity (Wildman–Crippen MR) is 87.3 cm³/mol. The van der Waals surface area contributed by atoms with Crippen molar-refractivity contribution in [2.45, 2.75) is 13.3 Å². The summed E-state index contributed by atoms with van der Waals surface area (Å²) in [6.45, 7) is 2.14. The van der Waals surface area contributed by atoms with E-state index in [2.05, 4.69) is 15.2 Å². The molecule has 0 atom stereocenters. The topological polar surface area (TPSA) is 110 Å². The molecule has 1 amide bonds. The van der Waals surface area contributed by atoms with E-state index in [1.165, 1.54) is 0 Å². The predicted octanol–water partition coefficient (Wildman–Crippen LogP) is 0.733. The van der Waals surface area contributed by atoms with Crippen LogP contribution in [0.15, 0.2) is 24.3 Å². The van der Waals surface area contributed by atoms with Gasteiger partial charge in [-0.15, -0.1) is 0 Å². The van der Waals surface area contributed by atoms with E-state index in [4.69, 9.17) is 15.2 Å². The Morgan fingerprint density at radius 3 is 2.76 bits per heavy atom. The summed E-state index contributed by atoms with van der Waals surface area (Å²) in [6.07, 6.45) is -0.0453. The summed E-state index contributed by atoms with van der Waals surface area (Å²) in [5.41, 5.74) is 7.64. The number of rotatable bonds is 4. The fraction of sp³-hybridized carbons (Fsp3) is 0.250. The Morgan fingerprint density at radius 1 is 1.24 bits per heavy atom. The highest BCUT2D eigenvalue weighted by Gasteiger charge is 2.20. The lowest BCUT2D eigenvalue weighted by Crippen LogP contribution is -2.14. The van der Waals surface area contributed by atoms with Gasteiger partial charge in [0.1, 0.15) is 5.69 Å². The average Bonchev–Trinajstić information content (AvgIpc) is 3.25. The third-order valence-electron chi connectivity index (χ3n) is 3.93. The third-order valence-corrected chi connectivity index (χ3v) is 3.93. The van der Waals surface area contributed by atoms with Gasteiger partial charge in [0, 0.05) is 18.8 Å². The van der Waals surface area contributed by atoms with Crippen molar-refractivity contribution in [2.75, 3.05) is 6.79 Å². The first-order chi connectivity index (χ1) is 12.0. The van der Waals surface area contributed by atoms with E-state index in [0.717, 1.165) is 11.4 Å². The maximum atomic E-state index is 11.3. The molecule has 9 nitrogen and oxygen atoms in total. The molecule has 0 bridgehead atoms. The van der Waals surface area contributed by atoms with Crippen LogP contribution in [0.1, 0.15) is 11.5 Å². The second-order valence-electron chi connectivity index (χ2n) is 5.74. The zero-order valence-corrected chi connectivity index (χ0v) is 13.8. The lowest BCUT2D eigenvalue weighted by molar-refractivity contribution is -0.117. The molecule has 0 radical (unpaired) electrons. The van der Waals surface area contributed by atoms with Crippen molar-refractivity contribution in [3.63, 3.8) is 0 Å². The van der Waals surface area contributed by atoms with Crippen LogP contribution in [0.25, 0.3) is 17.2 Å². The number of hydrogen-bond acceptors (Lipinski definition) is 6. The van der Waals surface area contributed by atoms with Crippen LogP contribution < -0.4 is 15.2 Å². The standard InChI is InChI=1S/C16H16N6O3/c1-9-5-11(19-21(9)2)16-18-15(7-14(17)23)20-22(16)10-3-4-12-13(6-10)25-8-24-12/h3-6H,7-8H2,1-2H3,(H2,17,23). The van der Waals surface area contributed by atoms with Crippen molar-refractivity contribution >= 4 is 5.91 Å². The van der Waals surface area contributed by atoms with Crippen LogP contribution in [0.2, 0.25) is 0 Å². The van der Waals surface area contributed by atoms with Gasteiger partial charge in [0.2, 0.25) is 12.7 Å². The number of amides is 1. The van der Waals surface area contributed by atoms with Gasteiger partial charge in [0.25, 0.3) is 0 Å². The molecule has 2 aromatic heterocycles. The van der Waals surface area contributed by atoms with Crippen LogP contribution >= 0.6 is 0 Å². The number of carbonyl (C=O) groups excluding carboxylic acids is 1. The molecule has 3 aromatic rings. The minimum atomic E-state index is -0.494. The molecule has 0 aliphatic carbocycles. The van der Waals surface area contributed by atoms with Crippen LogP contribution in [-0.4, -0.2) is 37.2 Å². The van der Waals surface area contributed by atoms with Gasteiger partial charge in [-0.25, -0.2) is 9.67 Å². The monoisotopic (exact) mass is 340 g/mol. The summed E-state index contributed by atoms with van der Waals surface area (Å²) in [5.74, 6) is 1.68. The second kappa shape index (κ2) is 5.62. The third kappa shape index (κ3) is 2.69. The Bertz CT molecular complexity index is 955. The first-order valence-corrected chi connectivity index (χ1v) is 7.66. The normalized spacial score (nSPS) is 12.6.